The van der Waals surface area contributed by atoms with Crippen LogP contribution in [0.15, 0.2) is 28.2 Å². The molecule has 0 radical (unpaired) electrons. The first-order chi connectivity index (χ1) is 9.01. The van der Waals surface area contributed by atoms with Crippen LogP contribution in [0.1, 0.15) is 16.8 Å². The lowest BCUT2D eigenvalue weighted by Crippen LogP contribution is -2.17. The number of H-pyrrole nitrogens is 1. The Morgan fingerprint density at radius 1 is 1.37 bits per heavy atom. The van der Waals surface area contributed by atoms with E-state index >= 15 is 0 Å². The van der Waals surface area contributed by atoms with Gasteiger partial charge < -0.3 is 15.2 Å². The van der Waals surface area contributed by atoms with Gasteiger partial charge in [0.2, 0.25) is 0 Å². The number of hydrogen-bond donors (Lipinski definition) is 3. The predicted molar refractivity (Wildman–Crippen MR) is 74.0 cm³/mol. The topological polar surface area (TPSA) is 86.2 Å². The summed E-state index contributed by atoms with van der Waals surface area (Å²) in [7, 11) is 0. The van der Waals surface area contributed by atoms with Crippen molar-refractivity contribution < 1.29 is 10.2 Å². The maximum Gasteiger partial charge on any atom is 0.255 e. The first-order valence-corrected chi connectivity index (χ1v) is 6.88. The lowest BCUT2D eigenvalue weighted by Gasteiger charge is -2.08. The van der Waals surface area contributed by atoms with E-state index in [-0.39, 0.29) is 23.5 Å². The van der Waals surface area contributed by atoms with Gasteiger partial charge in [-0.3, -0.25) is 4.79 Å². The molecule has 0 aliphatic rings. The second kappa shape index (κ2) is 5.36. The molecule has 19 heavy (non-hydrogen) atoms. The van der Waals surface area contributed by atoms with Crippen LogP contribution in [0, 0.1) is 6.92 Å². The zero-order chi connectivity index (χ0) is 14.0. The number of benzene rings is 1. The van der Waals surface area contributed by atoms with Gasteiger partial charge in [-0.2, -0.15) is 0 Å². The highest BCUT2D eigenvalue weighted by Gasteiger charge is 2.11. The summed E-state index contributed by atoms with van der Waals surface area (Å²) in [6.07, 6.45) is 2.11. The van der Waals surface area contributed by atoms with E-state index in [9.17, 15) is 15.0 Å². The van der Waals surface area contributed by atoms with Gasteiger partial charge in [-0.1, -0.05) is 17.8 Å². The number of rotatable bonds is 3. The third-order valence-corrected chi connectivity index (χ3v) is 3.41. The third-order valence-electron chi connectivity index (χ3n) is 2.83. The second-order valence-corrected chi connectivity index (χ2v) is 4.92. The van der Waals surface area contributed by atoms with E-state index in [4.69, 9.17) is 0 Å². The summed E-state index contributed by atoms with van der Waals surface area (Å²) >= 11 is 1.37. The molecule has 0 aliphatic heterocycles. The Hall–Kier alpha value is -1.95. The van der Waals surface area contributed by atoms with Crippen molar-refractivity contribution >= 4 is 11.8 Å². The van der Waals surface area contributed by atoms with E-state index in [1.165, 1.54) is 23.9 Å². The average Bonchev–Trinajstić information content (AvgIpc) is 2.35. The van der Waals surface area contributed by atoms with Gasteiger partial charge >= 0.3 is 0 Å². The molecule has 1 heterocycles. The van der Waals surface area contributed by atoms with Crippen LogP contribution in [-0.2, 0) is 6.42 Å². The Kier molecular flexibility index (Phi) is 3.80. The van der Waals surface area contributed by atoms with Crippen LogP contribution >= 0.6 is 11.8 Å². The number of aromatic amines is 1. The number of phenols is 2. The molecule has 0 amide bonds. The number of nitrogens with one attached hydrogen (secondary N) is 1. The molecule has 0 saturated heterocycles. The number of aryl methyl sites for hydroxylation is 1. The lowest BCUT2D eigenvalue weighted by atomic mass is 10.0. The quantitative estimate of drug-likeness (QED) is 0.589. The predicted octanol–water partition coefficient (Wildman–Crippen LogP) is 1.80. The molecule has 0 fully saturated rings. The Balaban J connectivity index is 2.41. The first-order valence-electron chi connectivity index (χ1n) is 5.66. The number of thioether (sulfide) groups is 1. The molecular formula is C13H14N2O3S. The smallest absolute Gasteiger partial charge is 0.255 e. The van der Waals surface area contributed by atoms with Crippen molar-refractivity contribution in [2.24, 2.45) is 0 Å². The van der Waals surface area contributed by atoms with E-state index in [0.717, 1.165) is 0 Å². The van der Waals surface area contributed by atoms with Crippen molar-refractivity contribution in [3.8, 4) is 11.5 Å². The monoisotopic (exact) mass is 278 g/mol. The highest BCUT2D eigenvalue weighted by atomic mass is 32.2. The Bertz CT molecular complexity index is 667. The minimum Gasteiger partial charge on any atom is -0.508 e. The summed E-state index contributed by atoms with van der Waals surface area (Å²) in [6, 6.07) is 4.32. The number of hydrogen-bond acceptors (Lipinski definition) is 5. The summed E-state index contributed by atoms with van der Waals surface area (Å²) < 4.78 is 0. The summed E-state index contributed by atoms with van der Waals surface area (Å²) in [4.78, 5) is 18.9. The summed E-state index contributed by atoms with van der Waals surface area (Å²) in [6.45, 7) is 1.77. The Morgan fingerprint density at radius 3 is 2.68 bits per heavy atom. The summed E-state index contributed by atoms with van der Waals surface area (Å²) in [5, 5.41) is 19.5. The molecule has 0 atom stereocenters. The zero-order valence-corrected chi connectivity index (χ0v) is 11.4. The molecule has 0 unspecified atom stereocenters. The first kappa shape index (κ1) is 13.5. The molecule has 3 N–H and O–H groups in total. The second-order valence-electron chi connectivity index (χ2n) is 4.13. The van der Waals surface area contributed by atoms with Gasteiger partial charge in [0.25, 0.3) is 5.56 Å². The molecule has 0 bridgehead atoms. The van der Waals surface area contributed by atoms with Crippen molar-refractivity contribution in [2.45, 2.75) is 18.5 Å². The molecule has 1 aromatic heterocycles. The SMILES string of the molecule is CSc1nc(C)c(Cc2ccc(O)cc2O)c(=O)[nH]1. The van der Waals surface area contributed by atoms with Crippen LogP contribution in [0.2, 0.25) is 0 Å². The van der Waals surface area contributed by atoms with Crippen LogP contribution in [0.3, 0.4) is 0 Å². The molecule has 0 aliphatic carbocycles. The average molecular weight is 278 g/mol. The molecule has 6 heteroatoms. The maximum atomic E-state index is 12.0. The molecule has 2 aromatic rings. The number of aromatic nitrogens is 2. The fourth-order valence-corrected chi connectivity index (χ4v) is 2.20. The summed E-state index contributed by atoms with van der Waals surface area (Å²) in [5.74, 6) is -0.0459. The van der Waals surface area contributed by atoms with Crippen LogP contribution in [-0.4, -0.2) is 26.4 Å². The highest BCUT2D eigenvalue weighted by molar-refractivity contribution is 7.98. The molecule has 0 spiro atoms. The molecule has 0 saturated carbocycles. The standard InChI is InChI=1S/C13H14N2O3S/c1-7-10(12(18)15-13(14-7)19-2)5-8-3-4-9(16)6-11(8)17/h3-4,6,16-17H,5H2,1-2H3,(H,14,15,18). The van der Waals surface area contributed by atoms with E-state index in [1.807, 2.05) is 6.26 Å². The van der Waals surface area contributed by atoms with Crippen molar-refractivity contribution in [3.05, 3.63) is 45.4 Å². The van der Waals surface area contributed by atoms with Gasteiger partial charge in [-0.25, -0.2) is 4.98 Å². The van der Waals surface area contributed by atoms with Crippen LogP contribution in [0.5, 0.6) is 11.5 Å². The van der Waals surface area contributed by atoms with Crippen LogP contribution < -0.4 is 5.56 Å². The highest BCUT2D eigenvalue weighted by Crippen LogP contribution is 2.24. The van der Waals surface area contributed by atoms with Gasteiger partial charge in [0.1, 0.15) is 11.5 Å². The van der Waals surface area contributed by atoms with E-state index in [2.05, 4.69) is 9.97 Å². The third kappa shape index (κ3) is 2.90. The fraction of sp³-hybridized carbons (Fsp3) is 0.231. The molecular weight excluding hydrogens is 264 g/mol. The minimum absolute atomic E-state index is 0.0114. The Morgan fingerprint density at radius 2 is 2.11 bits per heavy atom. The number of nitrogens with zero attached hydrogens (tertiary/aromatic N) is 1. The van der Waals surface area contributed by atoms with E-state index < -0.39 is 0 Å². The molecule has 5 nitrogen and oxygen atoms in total. The largest absolute Gasteiger partial charge is 0.508 e. The minimum atomic E-state index is -0.204. The van der Waals surface area contributed by atoms with E-state index in [1.54, 1.807) is 13.0 Å². The van der Waals surface area contributed by atoms with Gasteiger partial charge in [-0.05, 0) is 24.8 Å². The number of aromatic hydroxyl groups is 2. The van der Waals surface area contributed by atoms with Crippen LogP contribution in [0.4, 0.5) is 0 Å². The molecule has 1 aromatic carbocycles. The van der Waals surface area contributed by atoms with Crippen molar-refractivity contribution in [1.29, 1.82) is 0 Å². The van der Waals surface area contributed by atoms with Gasteiger partial charge in [0.05, 0.1) is 0 Å². The normalized spacial score (nSPS) is 10.6. The fourth-order valence-electron chi connectivity index (χ4n) is 1.78. The van der Waals surface area contributed by atoms with Crippen molar-refractivity contribution in [3.63, 3.8) is 0 Å². The molecule has 2 rings (SSSR count). The van der Waals surface area contributed by atoms with E-state index in [0.29, 0.717) is 22.0 Å². The number of phenolic OH excluding ortho intramolecular Hbond substituents is 2. The van der Waals surface area contributed by atoms with Gasteiger partial charge in [0.15, 0.2) is 5.16 Å². The van der Waals surface area contributed by atoms with Gasteiger partial charge in [-0.15, -0.1) is 0 Å². The molecule has 100 valence electrons. The maximum absolute atomic E-state index is 12.0. The zero-order valence-electron chi connectivity index (χ0n) is 10.6. The Labute approximate surface area is 114 Å². The van der Waals surface area contributed by atoms with Gasteiger partial charge in [0, 0.05) is 23.7 Å². The van der Waals surface area contributed by atoms with Crippen LogP contribution in [0.25, 0.3) is 0 Å². The summed E-state index contributed by atoms with van der Waals surface area (Å²) in [5.41, 5.74) is 1.52. The lowest BCUT2D eigenvalue weighted by molar-refractivity contribution is 0.446. The van der Waals surface area contributed by atoms with Crippen molar-refractivity contribution in [2.75, 3.05) is 6.26 Å². The van der Waals surface area contributed by atoms with Crippen molar-refractivity contribution in [1.82, 2.24) is 9.97 Å².